The number of benzene rings is 2. The van der Waals surface area contributed by atoms with Crippen LogP contribution in [-0.2, 0) is 4.74 Å². The first-order valence-corrected chi connectivity index (χ1v) is 10.3. The van der Waals surface area contributed by atoms with Crippen molar-refractivity contribution in [3.63, 3.8) is 0 Å². The highest BCUT2D eigenvalue weighted by atomic mass is 35.5. The summed E-state index contributed by atoms with van der Waals surface area (Å²) < 4.78 is 6.82. The molecule has 3 aromatic rings. The molecular weight excluding hydrogens is 403 g/mol. The Morgan fingerprint density at radius 1 is 1.33 bits per heavy atom. The zero-order valence-electron chi connectivity index (χ0n) is 14.7. The van der Waals surface area contributed by atoms with Crippen LogP contribution in [0, 0.1) is 6.92 Å². The maximum absolute atomic E-state index is 13.4. The van der Waals surface area contributed by atoms with Crippen LogP contribution in [0.1, 0.15) is 28.8 Å². The quantitative estimate of drug-likeness (QED) is 0.540. The van der Waals surface area contributed by atoms with Gasteiger partial charge >= 0.3 is 0 Å². The molecule has 0 N–H and O–H groups in total. The summed E-state index contributed by atoms with van der Waals surface area (Å²) in [5.41, 5.74) is 2.37. The Hall–Kier alpha value is -1.66. The molecule has 7 heteroatoms. The van der Waals surface area contributed by atoms with Crippen LogP contribution >= 0.6 is 34.5 Å². The Morgan fingerprint density at radius 3 is 2.93 bits per heavy atom. The van der Waals surface area contributed by atoms with Gasteiger partial charge in [0.15, 0.2) is 5.13 Å². The van der Waals surface area contributed by atoms with E-state index in [0.717, 1.165) is 35.2 Å². The first kappa shape index (κ1) is 18.7. The van der Waals surface area contributed by atoms with Gasteiger partial charge in [0.1, 0.15) is 0 Å². The monoisotopic (exact) mass is 420 g/mol. The molecule has 1 amide bonds. The van der Waals surface area contributed by atoms with Gasteiger partial charge in [0.2, 0.25) is 0 Å². The average molecular weight is 421 g/mol. The molecule has 27 heavy (non-hydrogen) atoms. The molecule has 1 aliphatic rings. The fourth-order valence-corrected chi connectivity index (χ4v) is 4.66. The highest BCUT2D eigenvalue weighted by molar-refractivity contribution is 7.22. The van der Waals surface area contributed by atoms with Crippen molar-refractivity contribution >= 4 is 55.8 Å². The summed E-state index contributed by atoms with van der Waals surface area (Å²) in [5.74, 6) is -0.213. The molecule has 1 saturated heterocycles. The predicted molar refractivity (Wildman–Crippen MR) is 111 cm³/mol. The van der Waals surface area contributed by atoms with E-state index < -0.39 is 0 Å². The number of hydrogen-bond donors (Lipinski definition) is 0. The number of ether oxygens (including phenoxy) is 1. The van der Waals surface area contributed by atoms with Crippen molar-refractivity contribution in [2.45, 2.75) is 25.9 Å². The number of carbonyl (C=O) groups excluding carboxylic acids is 1. The second kappa shape index (κ2) is 7.76. The van der Waals surface area contributed by atoms with Crippen molar-refractivity contribution in [3.05, 3.63) is 57.6 Å². The molecule has 4 rings (SSSR count). The summed E-state index contributed by atoms with van der Waals surface area (Å²) in [7, 11) is 0. The molecule has 1 fully saturated rings. The molecule has 0 radical (unpaired) electrons. The van der Waals surface area contributed by atoms with Crippen LogP contribution < -0.4 is 4.90 Å². The smallest absolute Gasteiger partial charge is 0.261 e. The van der Waals surface area contributed by atoms with E-state index in [9.17, 15) is 4.79 Å². The Labute approximate surface area is 171 Å². The SMILES string of the molecule is Cc1cccc2sc(N(CC3CCCO3)C(=O)c3cc(Cl)ccc3Cl)nc12. The average Bonchev–Trinajstić information content (AvgIpc) is 3.31. The summed E-state index contributed by atoms with van der Waals surface area (Å²) >= 11 is 13.9. The minimum absolute atomic E-state index is 0.0000175. The number of amides is 1. The van der Waals surface area contributed by atoms with Crippen molar-refractivity contribution in [2.24, 2.45) is 0 Å². The molecule has 4 nitrogen and oxygen atoms in total. The van der Waals surface area contributed by atoms with Crippen molar-refractivity contribution in [1.29, 1.82) is 0 Å². The minimum Gasteiger partial charge on any atom is -0.376 e. The molecule has 0 spiro atoms. The van der Waals surface area contributed by atoms with Gasteiger partial charge in [-0.1, -0.05) is 46.7 Å². The van der Waals surface area contributed by atoms with E-state index in [0.29, 0.717) is 27.3 Å². The zero-order chi connectivity index (χ0) is 19.0. The number of fused-ring (bicyclic) bond motifs is 1. The van der Waals surface area contributed by atoms with Crippen LogP contribution in [0.3, 0.4) is 0 Å². The number of rotatable bonds is 4. The van der Waals surface area contributed by atoms with E-state index in [2.05, 4.69) is 0 Å². The summed E-state index contributed by atoms with van der Waals surface area (Å²) in [6.45, 7) is 3.19. The van der Waals surface area contributed by atoms with Crippen LogP contribution in [0.15, 0.2) is 36.4 Å². The maximum atomic E-state index is 13.4. The molecule has 1 aliphatic heterocycles. The van der Waals surface area contributed by atoms with E-state index in [1.54, 1.807) is 23.1 Å². The highest BCUT2D eigenvalue weighted by Crippen LogP contribution is 2.33. The lowest BCUT2D eigenvalue weighted by Gasteiger charge is -2.23. The molecule has 1 unspecified atom stereocenters. The number of nitrogens with zero attached hydrogens (tertiary/aromatic N) is 2. The highest BCUT2D eigenvalue weighted by Gasteiger charge is 2.28. The molecule has 140 valence electrons. The Balaban J connectivity index is 1.76. The maximum Gasteiger partial charge on any atom is 0.261 e. The topological polar surface area (TPSA) is 42.4 Å². The number of thiazole rings is 1. The minimum atomic E-state index is -0.213. The summed E-state index contributed by atoms with van der Waals surface area (Å²) in [4.78, 5) is 19.8. The van der Waals surface area contributed by atoms with E-state index in [-0.39, 0.29) is 12.0 Å². The lowest BCUT2D eigenvalue weighted by Crippen LogP contribution is -2.37. The fourth-order valence-electron chi connectivity index (χ4n) is 3.24. The summed E-state index contributed by atoms with van der Waals surface area (Å²) in [6, 6.07) is 11.0. The van der Waals surface area contributed by atoms with Gasteiger partial charge in [-0.25, -0.2) is 4.98 Å². The van der Waals surface area contributed by atoms with Gasteiger partial charge < -0.3 is 4.74 Å². The van der Waals surface area contributed by atoms with Crippen LogP contribution in [0.2, 0.25) is 10.0 Å². The second-order valence-corrected chi connectivity index (χ2v) is 8.45. The third kappa shape index (κ3) is 3.83. The van der Waals surface area contributed by atoms with E-state index >= 15 is 0 Å². The number of anilines is 1. The lowest BCUT2D eigenvalue weighted by atomic mass is 10.1. The van der Waals surface area contributed by atoms with Crippen molar-refractivity contribution < 1.29 is 9.53 Å². The molecule has 0 bridgehead atoms. The Morgan fingerprint density at radius 2 is 2.19 bits per heavy atom. The molecule has 1 aromatic heterocycles. The van der Waals surface area contributed by atoms with Gasteiger partial charge in [-0.05, 0) is 49.6 Å². The normalized spacial score (nSPS) is 16.8. The van der Waals surface area contributed by atoms with Crippen LogP contribution in [0.25, 0.3) is 10.2 Å². The van der Waals surface area contributed by atoms with Crippen molar-refractivity contribution in [3.8, 4) is 0 Å². The third-order valence-electron chi connectivity index (χ3n) is 4.65. The number of para-hydroxylation sites is 1. The van der Waals surface area contributed by atoms with Gasteiger partial charge in [0, 0.05) is 11.6 Å². The van der Waals surface area contributed by atoms with Crippen molar-refractivity contribution in [2.75, 3.05) is 18.1 Å². The largest absolute Gasteiger partial charge is 0.376 e. The first-order valence-electron chi connectivity index (χ1n) is 8.77. The number of carbonyl (C=O) groups is 1. The lowest BCUT2D eigenvalue weighted by molar-refractivity contribution is 0.0917. The Kier molecular flexibility index (Phi) is 5.37. The molecule has 1 atom stereocenters. The fraction of sp³-hybridized carbons (Fsp3) is 0.300. The van der Waals surface area contributed by atoms with Gasteiger partial charge in [-0.15, -0.1) is 0 Å². The number of aromatic nitrogens is 1. The number of halogens is 2. The predicted octanol–water partition coefficient (Wildman–Crippen LogP) is 5.74. The van der Waals surface area contributed by atoms with E-state index in [4.69, 9.17) is 32.9 Å². The van der Waals surface area contributed by atoms with E-state index in [1.807, 2.05) is 25.1 Å². The number of hydrogen-bond acceptors (Lipinski definition) is 4. The Bertz CT molecular complexity index is 999. The van der Waals surface area contributed by atoms with Crippen LogP contribution in [-0.4, -0.2) is 30.1 Å². The third-order valence-corrected chi connectivity index (χ3v) is 6.26. The van der Waals surface area contributed by atoms with Gasteiger partial charge in [-0.3, -0.25) is 9.69 Å². The molecule has 0 aliphatic carbocycles. The number of aryl methyl sites for hydroxylation is 1. The first-order chi connectivity index (χ1) is 13.0. The van der Waals surface area contributed by atoms with Crippen molar-refractivity contribution in [1.82, 2.24) is 4.98 Å². The molecule has 2 heterocycles. The van der Waals surface area contributed by atoms with Gasteiger partial charge in [-0.2, -0.15) is 0 Å². The summed E-state index contributed by atoms with van der Waals surface area (Å²) in [6.07, 6.45) is 1.93. The van der Waals surface area contributed by atoms with Gasteiger partial charge in [0.05, 0.1) is 33.5 Å². The van der Waals surface area contributed by atoms with E-state index in [1.165, 1.54) is 11.3 Å². The molecule has 2 aromatic carbocycles. The second-order valence-electron chi connectivity index (χ2n) is 6.59. The molecule has 0 saturated carbocycles. The standard InChI is InChI=1S/C20H18Cl2N2O2S/c1-12-4-2-6-17-18(12)23-20(27-17)24(11-14-5-3-9-26-14)19(25)15-10-13(21)7-8-16(15)22/h2,4,6-8,10,14H,3,5,9,11H2,1H3. The van der Waals surface area contributed by atoms with Gasteiger partial charge in [0.25, 0.3) is 5.91 Å². The zero-order valence-corrected chi connectivity index (χ0v) is 17.1. The summed E-state index contributed by atoms with van der Waals surface area (Å²) in [5, 5.41) is 1.50. The molecular formula is C20H18Cl2N2O2S. The van der Waals surface area contributed by atoms with Crippen LogP contribution in [0.4, 0.5) is 5.13 Å². The van der Waals surface area contributed by atoms with Crippen LogP contribution in [0.5, 0.6) is 0 Å².